The summed E-state index contributed by atoms with van der Waals surface area (Å²) in [6.07, 6.45) is 0. The number of nitrogens with zero attached hydrogens (tertiary/aromatic N) is 8. The van der Waals surface area contributed by atoms with Gasteiger partial charge >= 0.3 is 21.1 Å². The maximum atomic E-state index is 6.75. The SMILES string of the molecule is C[PH+](C)C[PH+](C)C.C[PH+](C)C[PH+](C)C.[C-]#N.[C-]#N.[N-]=[N+]=[N-].[N-]=[N+]=[N-].[Pt+2].[Pt]. The standard InChI is InChI=1S/2C5H14P2.2CN.2N3.2Pt/c2*1-6(2)5-7(3)4;2*1-2;2*1-3-2;;/h2*5H2,1-4H3;;;;;;/q;;4*-1;;+2/p+4. The summed E-state index contributed by atoms with van der Waals surface area (Å²) in [5.74, 6) is 3.13. The van der Waals surface area contributed by atoms with Crippen LogP contribution in [0.2, 0.25) is 0 Å². The minimum absolute atomic E-state index is 0. The van der Waals surface area contributed by atoms with E-state index in [1.807, 2.05) is 0 Å². The van der Waals surface area contributed by atoms with Crippen LogP contribution in [-0.4, -0.2) is 65.1 Å². The first-order chi connectivity index (χ1) is 11.1. The molecular weight excluding hydrogens is 770 g/mol. The third-order valence-electron chi connectivity index (χ3n) is 1.41. The van der Waals surface area contributed by atoms with Gasteiger partial charge in [0.25, 0.3) is 0 Å². The Morgan fingerprint density at radius 3 is 0.654 bits per heavy atom. The molecule has 14 heteroatoms. The van der Waals surface area contributed by atoms with Gasteiger partial charge in [-0.05, 0) is 0 Å². The number of hydrogen-bond donors (Lipinski definition) is 0. The Bertz CT molecular complexity index is 284. The van der Waals surface area contributed by atoms with Gasteiger partial charge < -0.3 is 45.8 Å². The molecule has 158 valence electrons. The van der Waals surface area contributed by atoms with Crippen LogP contribution in [0.15, 0.2) is 0 Å². The van der Waals surface area contributed by atoms with Crippen LogP contribution in [0.4, 0.5) is 0 Å². The van der Waals surface area contributed by atoms with E-state index in [0.29, 0.717) is 0 Å². The predicted octanol–water partition coefficient (Wildman–Crippen LogP) is 5.70. The van der Waals surface area contributed by atoms with Gasteiger partial charge in [0.2, 0.25) is 0 Å². The van der Waals surface area contributed by atoms with Gasteiger partial charge in [-0.2, -0.15) is 0 Å². The Morgan fingerprint density at radius 2 is 0.654 bits per heavy atom. The molecule has 0 amide bonds. The van der Waals surface area contributed by atoms with Crippen molar-refractivity contribution in [2.45, 2.75) is 0 Å². The predicted molar refractivity (Wildman–Crippen MR) is 120 cm³/mol. The second kappa shape index (κ2) is 56.2. The Morgan fingerprint density at radius 1 is 0.577 bits per heavy atom. The van der Waals surface area contributed by atoms with Crippen molar-refractivity contribution in [1.82, 2.24) is 0 Å². The first-order valence-electron chi connectivity index (χ1n) is 6.66. The maximum absolute atomic E-state index is 6.75. The van der Waals surface area contributed by atoms with Crippen LogP contribution in [0, 0.1) is 23.7 Å². The third kappa shape index (κ3) is 183. The fourth-order valence-corrected chi connectivity index (χ4v) is 12.7. The Labute approximate surface area is 193 Å². The fourth-order valence-electron chi connectivity index (χ4n) is 1.41. The Kier molecular flexibility index (Phi) is 109. The van der Waals surface area contributed by atoms with Crippen molar-refractivity contribution < 1.29 is 42.1 Å². The molecular formula is C12H32N8P4Pt2+2. The molecule has 0 atom stereocenters. The van der Waals surface area contributed by atoms with Crippen molar-refractivity contribution in [3.05, 3.63) is 45.1 Å². The van der Waals surface area contributed by atoms with E-state index in [9.17, 15) is 0 Å². The molecule has 0 bridgehead atoms. The van der Waals surface area contributed by atoms with Gasteiger partial charge in [0, 0.05) is 106 Å². The molecule has 0 saturated carbocycles. The van der Waals surface area contributed by atoms with E-state index < -0.39 is 0 Å². The van der Waals surface area contributed by atoms with Gasteiger partial charge in [-0.25, -0.2) is 0 Å². The molecule has 8 nitrogen and oxygen atoms in total. The minimum atomic E-state index is 0. The summed E-state index contributed by atoms with van der Waals surface area (Å²) in [6, 6.07) is 0. The van der Waals surface area contributed by atoms with Crippen LogP contribution < -0.4 is 0 Å². The van der Waals surface area contributed by atoms with E-state index in [1.165, 1.54) is 9.82 Å². The van der Waals surface area contributed by atoms with E-state index in [2.05, 4.69) is 53.3 Å². The van der Waals surface area contributed by atoms with Gasteiger partial charge in [-0.15, -0.1) is 0 Å². The van der Waals surface area contributed by atoms with Crippen molar-refractivity contribution in [3.63, 3.8) is 0 Å². The molecule has 0 aliphatic rings. The molecule has 0 fully saturated rings. The summed E-state index contributed by atoms with van der Waals surface area (Å²) in [6.45, 7) is 28.6. The summed E-state index contributed by atoms with van der Waals surface area (Å²) in [4.78, 5) is 3.00. The first kappa shape index (κ1) is 50.4. The van der Waals surface area contributed by atoms with Crippen molar-refractivity contribution >= 4 is 31.7 Å². The van der Waals surface area contributed by atoms with Crippen LogP contribution in [0.5, 0.6) is 0 Å². The largest absolute Gasteiger partial charge is 2.00 e. The Hall–Kier alpha value is 0.697. The van der Waals surface area contributed by atoms with Crippen LogP contribution in [0.25, 0.3) is 31.9 Å². The van der Waals surface area contributed by atoms with Gasteiger partial charge in [0.05, 0.1) is 0 Å². The summed E-state index contributed by atoms with van der Waals surface area (Å²) < 4.78 is 0. The van der Waals surface area contributed by atoms with Crippen molar-refractivity contribution in [2.24, 2.45) is 0 Å². The third-order valence-corrected chi connectivity index (χ3v) is 12.7. The van der Waals surface area contributed by atoms with E-state index in [1.54, 1.807) is 11.8 Å². The second-order valence-electron chi connectivity index (χ2n) is 5.36. The van der Waals surface area contributed by atoms with Crippen LogP contribution in [0.1, 0.15) is 0 Å². The molecule has 0 spiro atoms. The molecule has 26 heavy (non-hydrogen) atoms. The average molecular weight is 802 g/mol. The monoisotopic (exact) mass is 802 g/mol. The molecule has 0 aliphatic carbocycles. The summed E-state index contributed by atoms with van der Waals surface area (Å²) in [5, 5.41) is 12.5. The Balaban J connectivity index is -0.0000000267. The summed E-state index contributed by atoms with van der Waals surface area (Å²) in [5.41, 5.74) is 27.0. The van der Waals surface area contributed by atoms with Crippen molar-refractivity contribution in [2.75, 3.05) is 65.1 Å². The van der Waals surface area contributed by atoms with Gasteiger partial charge in [0.15, 0.2) is 11.8 Å². The molecule has 0 N–H and O–H groups in total. The second-order valence-corrected chi connectivity index (χ2v) is 17.8. The summed E-state index contributed by atoms with van der Waals surface area (Å²) >= 11 is 0. The van der Waals surface area contributed by atoms with Crippen LogP contribution in [-0.2, 0) is 42.1 Å². The average Bonchev–Trinajstić information content (AvgIpc) is 2.42. The molecule has 0 unspecified atom stereocenters. The fraction of sp³-hybridized carbons (Fsp3) is 0.833. The molecule has 0 aromatic carbocycles. The van der Waals surface area contributed by atoms with E-state index in [-0.39, 0.29) is 73.8 Å². The first-order valence-corrected chi connectivity index (χ1v) is 17.5. The van der Waals surface area contributed by atoms with Crippen molar-refractivity contribution in [1.29, 1.82) is 10.5 Å². The molecule has 0 aromatic heterocycles. The van der Waals surface area contributed by atoms with Gasteiger partial charge in [-0.1, -0.05) is 0 Å². The number of hydrogen-bond acceptors (Lipinski definition) is 2. The van der Waals surface area contributed by atoms with E-state index in [0.717, 1.165) is 0 Å². The molecule has 0 rings (SSSR count). The minimum Gasteiger partial charge on any atom is -0.512 e. The van der Waals surface area contributed by atoms with E-state index in [4.69, 9.17) is 45.8 Å². The molecule has 0 aromatic rings. The van der Waals surface area contributed by atoms with Gasteiger partial charge in [0.1, 0.15) is 0 Å². The molecule has 0 aliphatic heterocycles. The quantitative estimate of drug-likeness (QED) is 0.117. The smallest absolute Gasteiger partial charge is 0.512 e. The molecule has 0 radical (unpaired) electrons. The zero-order valence-corrected chi connectivity index (χ0v) is 25.2. The zero-order chi connectivity index (χ0) is 21.1. The van der Waals surface area contributed by atoms with Crippen LogP contribution >= 0.6 is 31.7 Å². The normalized spacial score (nSPS) is 6.77. The molecule has 0 heterocycles. The van der Waals surface area contributed by atoms with Crippen LogP contribution in [0.3, 0.4) is 0 Å². The van der Waals surface area contributed by atoms with Crippen molar-refractivity contribution in [3.8, 4) is 0 Å². The zero-order valence-electron chi connectivity index (χ0n) is 16.6. The number of rotatable bonds is 4. The van der Waals surface area contributed by atoms with E-state index >= 15 is 0 Å². The topological polar surface area (TPSA) is 165 Å². The van der Waals surface area contributed by atoms with Gasteiger partial charge in [-0.3, -0.25) is 9.82 Å². The molecule has 0 saturated heterocycles. The maximum Gasteiger partial charge on any atom is 2.00 e. The summed E-state index contributed by atoms with van der Waals surface area (Å²) in [7, 11) is 0.444.